The molecule has 5 rings (SSSR count). The zero-order valence-electron chi connectivity index (χ0n) is 18.0. The van der Waals surface area contributed by atoms with Crippen molar-refractivity contribution in [1.82, 2.24) is 4.90 Å². The smallest absolute Gasteiger partial charge is 0.253 e. The number of amides is 2. The summed E-state index contributed by atoms with van der Waals surface area (Å²) in [6, 6.07) is 9.03. The molecule has 0 bridgehead atoms. The van der Waals surface area contributed by atoms with E-state index in [0.29, 0.717) is 60.7 Å². The van der Waals surface area contributed by atoms with Crippen molar-refractivity contribution in [2.45, 2.75) is 51.0 Å². The molecular weight excluding hydrogens is 428 g/mol. The van der Waals surface area contributed by atoms with Crippen molar-refractivity contribution in [3.63, 3.8) is 0 Å². The lowest BCUT2D eigenvalue weighted by Crippen LogP contribution is -2.52. The highest BCUT2D eigenvalue weighted by Crippen LogP contribution is 2.41. The number of fused-ring (bicyclic) bond motifs is 2. The van der Waals surface area contributed by atoms with E-state index in [-0.39, 0.29) is 17.6 Å². The van der Waals surface area contributed by atoms with Gasteiger partial charge in [0.05, 0.1) is 12.0 Å². The van der Waals surface area contributed by atoms with Gasteiger partial charge in [-0.3, -0.25) is 14.4 Å². The molecule has 2 amide bonds. The van der Waals surface area contributed by atoms with Gasteiger partial charge >= 0.3 is 0 Å². The standard InChI is InChI=1S/C25H25ClN2O4/c1-15-11-22-18(13-19(15)26)21(29)14-25(32-22)7-9-28(10-8-25)24(31)17-5-6-20-16(12-17)3-2-4-23(30)27-20/h5-6,11-13H,2-4,7-10,14H2,1H3,(H,27,30). The van der Waals surface area contributed by atoms with Crippen LogP contribution in [0.25, 0.3) is 0 Å². The van der Waals surface area contributed by atoms with E-state index in [1.165, 1.54) is 0 Å². The van der Waals surface area contributed by atoms with Crippen molar-refractivity contribution in [2.75, 3.05) is 18.4 Å². The summed E-state index contributed by atoms with van der Waals surface area (Å²) in [7, 11) is 0. The van der Waals surface area contributed by atoms with Crippen LogP contribution in [-0.2, 0) is 11.2 Å². The molecule has 2 aromatic rings. The number of benzene rings is 2. The summed E-state index contributed by atoms with van der Waals surface area (Å²) >= 11 is 6.19. The Hall–Kier alpha value is -2.86. The highest BCUT2D eigenvalue weighted by Gasteiger charge is 2.44. The minimum Gasteiger partial charge on any atom is -0.486 e. The van der Waals surface area contributed by atoms with Gasteiger partial charge in [0.2, 0.25) is 5.91 Å². The van der Waals surface area contributed by atoms with Crippen molar-refractivity contribution < 1.29 is 19.1 Å². The second-order valence-corrected chi connectivity index (χ2v) is 9.46. The fourth-order valence-corrected chi connectivity index (χ4v) is 5.06. The number of piperidine rings is 1. The molecule has 1 saturated heterocycles. The van der Waals surface area contributed by atoms with Gasteiger partial charge in [0.15, 0.2) is 5.78 Å². The molecule has 6 nitrogen and oxygen atoms in total. The summed E-state index contributed by atoms with van der Waals surface area (Å²) in [5.41, 5.74) is 3.28. The summed E-state index contributed by atoms with van der Waals surface area (Å²) in [5.74, 6) is 0.630. The molecule has 0 unspecified atom stereocenters. The van der Waals surface area contributed by atoms with Crippen LogP contribution in [0, 0.1) is 6.92 Å². The molecule has 3 aliphatic rings. The zero-order valence-corrected chi connectivity index (χ0v) is 18.8. The number of nitrogens with one attached hydrogen (secondary N) is 1. The predicted octanol–water partition coefficient (Wildman–Crippen LogP) is 4.56. The number of ketones is 1. The number of aryl methyl sites for hydroxylation is 2. The van der Waals surface area contributed by atoms with E-state index in [1.54, 1.807) is 12.1 Å². The number of ether oxygens (including phenoxy) is 1. The predicted molar refractivity (Wildman–Crippen MR) is 122 cm³/mol. The Bertz CT molecular complexity index is 1140. The Morgan fingerprint density at radius 3 is 2.69 bits per heavy atom. The molecule has 1 N–H and O–H groups in total. The molecule has 3 aliphatic heterocycles. The highest BCUT2D eigenvalue weighted by atomic mass is 35.5. The molecule has 0 aromatic heterocycles. The first kappa shape index (κ1) is 21.0. The average Bonchev–Trinajstić information content (AvgIpc) is 2.95. The number of nitrogens with zero attached hydrogens (tertiary/aromatic N) is 1. The molecule has 1 fully saturated rings. The van der Waals surface area contributed by atoms with E-state index in [9.17, 15) is 14.4 Å². The van der Waals surface area contributed by atoms with Gasteiger partial charge in [0.25, 0.3) is 5.91 Å². The van der Waals surface area contributed by atoms with Crippen LogP contribution in [0.1, 0.15) is 63.9 Å². The molecule has 1 spiro atoms. The number of hydrogen-bond acceptors (Lipinski definition) is 4. The SMILES string of the molecule is Cc1cc2c(cc1Cl)C(=O)CC1(CCN(C(=O)c3ccc4c(c3)CCCC(=O)N4)CC1)O2. The summed E-state index contributed by atoms with van der Waals surface area (Å²) in [5, 5.41) is 3.47. The van der Waals surface area contributed by atoms with Crippen LogP contribution in [0.3, 0.4) is 0 Å². The summed E-state index contributed by atoms with van der Waals surface area (Å²) in [6.45, 7) is 2.95. The van der Waals surface area contributed by atoms with E-state index in [0.717, 1.165) is 29.7 Å². The summed E-state index contributed by atoms with van der Waals surface area (Å²) in [6.07, 6.45) is 3.57. The van der Waals surface area contributed by atoms with Crippen LogP contribution in [0.15, 0.2) is 30.3 Å². The van der Waals surface area contributed by atoms with Crippen molar-refractivity contribution in [2.24, 2.45) is 0 Å². The molecule has 2 aromatic carbocycles. The molecule has 166 valence electrons. The van der Waals surface area contributed by atoms with Crippen molar-refractivity contribution in [1.29, 1.82) is 0 Å². The average molecular weight is 453 g/mol. The van der Waals surface area contributed by atoms with E-state index >= 15 is 0 Å². The Labute approximate surface area is 191 Å². The van der Waals surface area contributed by atoms with E-state index < -0.39 is 5.60 Å². The molecule has 7 heteroatoms. The van der Waals surface area contributed by atoms with Crippen molar-refractivity contribution in [3.8, 4) is 5.75 Å². The van der Waals surface area contributed by atoms with Crippen molar-refractivity contribution >= 4 is 34.9 Å². The Balaban J connectivity index is 1.30. The number of likely N-dealkylation sites (tertiary alicyclic amines) is 1. The van der Waals surface area contributed by atoms with E-state index in [1.807, 2.05) is 30.0 Å². The number of halogens is 1. The van der Waals surface area contributed by atoms with Crippen LogP contribution in [-0.4, -0.2) is 41.2 Å². The normalized spacial score (nSPS) is 19.5. The maximum atomic E-state index is 13.2. The van der Waals surface area contributed by atoms with Crippen LogP contribution >= 0.6 is 11.6 Å². The van der Waals surface area contributed by atoms with Gasteiger partial charge in [0.1, 0.15) is 11.4 Å². The monoisotopic (exact) mass is 452 g/mol. The number of carbonyl (C=O) groups excluding carboxylic acids is 3. The topological polar surface area (TPSA) is 75.7 Å². The van der Waals surface area contributed by atoms with Gasteiger partial charge in [-0.1, -0.05) is 11.6 Å². The lowest BCUT2D eigenvalue weighted by Gasteiger charge is -2.44. The summed E-state index contributed by atoms with van der Waals surface area (Å²) < 4.78 is 6.34. The highest BCUT2D eigenvalue weighted by molar-refractivity contribution is 6.31. The number of rotatable bonds is 1. The first-order valence-corrected chi connectivity index (χ1v) is 11.5. The fourth-order valence-electron chi connectivity index (χ4n) is 4.90. The maximum absolute atomic E-state index is 13.2. The number of hydrogen-bond donors (Lipinski definition) is 1. The first-order valence-electron chi connectivity index (χ1n) is 11.1. The van der Waals surface area contributed by atoms with Gasteiger partial charge in [-0.15, -0.1) is 0 Å². The lowest BCUT2D eigenvalue weighted by molar-refractivity contribution is -0.116. The fraction of sp³-hybridized carbons (Fsp3) is 0.400. The third kappa shape index (κ3) is 3.77. The molecule has 0 saturated carbocycles. The van der Waals surface area contributed by atoms with Crippen LogP contribution in [0.2, 0.25) is 5.02 Å². The molecule has 0 aliphatic carbocycles. The number of Topliss-reactive ketones (excluding diaryl/α,β-unsaturated/α-hetero) is 1. The Morgan fingerprint density at radius 1 is 1.12 bits per heavy atom. The Kier molecular flexibility index (Phi) is 5.20. The minimum absolute atomic E-state index is 0.0187. The zero-order chi connectivity index (χ0) is 22.5. The lowest BCUT2D eigenvalue weighted by atomic mass is 9.82. The molecule has 0 radical (unpaired) electrons. The number of carbonyl (C=O) groups is 3. The van der Waals surface area contributed by atoms with Crippen molar-refractivity contribution in [3.05, 3.63) is 57.6 Å². The quantitative estimate of drug-likeness (QED) is 0.688. The second kappa shape index (κ2) is 7.93. The van der Waals surface area contributed by atoms with Crippen LogP contribution in [0.5, 0.6) is 5.75 Å². The van der Waals surface area contributed by atoms with Gasteiger partial charge in [0, 0.05) is 48.6 Å². The number of anilines is 1. The molecular formula is C25H25ClN2O4. The molecule has 32 heavy (non-hydrogen) atoms. The Morgan fingerprint density at radius 2 is 1.91 bits per heavy atom. The van der Waals surface area contributed by atoms with Gasteiger partial charge in [-0.25, -0.2) is 0 Å². The maximum Gasteiger partial charge on any atom is 0.253 e. The van der Waals surface area contributed by atoms with Crippen LogP contribution < -0.4 is 10.1 Å². The van der Waals surface area contributed by atoms with Gasteiger partial charge in [-0.05, 0) is 61.2 Å². The molecule has 0 atom stereocenters. The third-order valence-electron chi connectivity index (χ3n) is 6.81. The minimum atomic E-state index is -0.570. The van der Waals surface area contributed by atoms with Gasteiger partial charge < -0.3 is 15.0 Å². The van der Waals surface area contributed by atoms with Crippen LogP contribution in [0.4, 0.5) is 5.69 Å². The molecule has 3 heterocycles. The first-order chi connectivity index (χ1) is 15.3. The van der Waals surface area contributed by atoms with E-state index in [2.05, 4.69) is 5.32 Å². The summed E-state index contributed by atoms with van der Waals surface area (Å²) in [4.78, 5) is 39.6. The van der Waals surface area contributed by atoms with Gasteiger partial charge in [-0.2, -0.15) is 0 Å². The second-order valence-electron chi connectivity index (χ2n) is 9.05. The third-order valence-corrected chi connectivity index (χ3v) is 7.22. The largest absolute Gasteiger partial charge is 0.486 e. The van der Waals surface area contributed by atoms with E-state index in [4.69, 9.17) is 16.3 Å².